The van der Waals surface area contributed by atoms with Crippen LogP contribution in [-0.2, 0) is 24.0 Å². The van der Waals surface area contributed by atoms with E-state index in [4.69, 9.17) is 19.4 Å². The lowest BCUT2D eigenvalue weighted by Crippen LogP contribution is -2.33. The Kier molecular flexibility index (Phi) is 16.7. The fraction of sp³-hybridized carbons (Fsp3) is 0.575. The number of aliphatic hydroxyl groups is 1. The minimum atomic E-state index is -0.564. The zero-order valence-corrected chi connectivity index (χ0v) is 29.6. The quantitative estimate of drug-likeness (QED) is 0.0818. The SMILES string of the molecule is C=CC(O)CC[C@@H](CC#N)CN(CCC)c1nc(OC[C@@H](C)C[C@H](CC)OC)nc(CC)c1CCCCc1cccc2ccccc12. The molecule has 0 aliphatic heterocycles. The van der Waals surface area contributed by atoms with Crippen LogP contribution in [0.1, 0.15) is 95.9 Å². The maximum Gasteiger partial charge on any atom is 0.318 e. The van der Waals surface area contributed by atoms with E-state index in [-0.39, 0.29) is 12.0 Å². The van der Waals surface area contributed by atoms with Crippen molar-refractivity contribution in [3.63, 3.8) is 0 Å². The highest BCUT2D eigenvalue weighted by atomic mass is 16.5. The molecule has 7 nitrogen and oxygen atoms in total. The summed E-state index contributed by atoms with van der Waals surface area (Å²) >= 11 is 0. The summed E-state index contributed by atoms with van der Waals surface area (Å²) in [7, 11) is 1.77. The van der Waals surface area contributed by atoms with E-state index in [1.54, 1.807) is 13.2 Å². The first-order chi connectivity index (χ1) is 22.9. The monoisotopic (exact) mass is 642 g/mol. The van der Waals surface area contributed by atoms with Crippen molar-refractivity contribution in [3.8, 4) is 12.1 Å². The number of methoxy groups -OCH3 is 1. The Morgan fingerprint density at radius 1 is 1.04 bits per heavy atom. The molecule has 0 saturated carbocycles. The summed E-state index contributed by atoms with van der Waals surface area (Å²) in [6, 6.07) is 18.0. The van der Waals surface area contributed by atoms with Gasteiger partial charge in [-0.25, -0.2) is 0 Å². The maximum atomic E-state index is 10.2. The van der Waals surface area contributed by atoms with Gasteiger partial charge in [0.1, 0.15) is 5.82 Å². The largest absolute Gasteiger partial charge is 0.463 e. The van der Waals surface area contributed by atoms with Gasteiger partial charge in [-0.2, -0.15) is 15.2 Å². The van der Waals surface area contributed by atoms with Crippen molar-refractivity contribution in [2.24, 2.45) is 11.8 Å². The van der Waals surface area contributed by atoms with E-state index in [9.17, 15) is 10.4 Å². The van der Waals surface area contributed by atoms with Crippen LogP contribution in [0.4, 0.5) is 5.82 Å². The average molecular weight is 643 g/mol. The lowest BCUT2D eigenvalue weighted by molar-refractivity contribution is 0.0700. The van der Waals surface area contributed by atoms with E-state index in [1.807, 2.05) is 0 Å². The van der Waals surface area contributed by atoms with Gasteiger partial charge in [-0.1, -0.05) is 76.2 Å². The first-order valence-corrected chi connectivity index (χ1v) is 17.8. The predicted molar refractivity (Wildman–Crippen MR) is 194 cm³/mol. The summed E-state index contributed by atoms with van der Waals surface area (Å²) in [5, 5.41) is 22.5. The smallest absolute Gasteiger partial charge is 0.318 e. The van der Waals surface area contributed by atoms with Crippen LogP contribution in [0.25, 0.3) is 10.8 Å². The van der Waals surface area contributed by atoms with E-state index in [0.717, 1.165) is 75.8 Å². The van der Waals surface area contributed by atoms with Crippen LogP contribution in [-0.4, -0.2) is 54.1 Å². The van der Waals surface area contributed by atoms with Crippen molar-refractivity contribution in [3.05, 3.63) is 71.9 Å². The van der Waals surface area contributed by atoms with Crippen molar-refractivity contribution < 1.29 is 14.6 Å². The summed E-state index contributed by atoms with van der Waals surface area (Å²) in [6.07, 6.45) is 10.6. The number of aryl methyl sites for hydroxylation is 2. The van der Waals surface area contributed by atoms with Gasteiger partial charge in [0.05, 0.1) is 30.6 Å². The van der Waals surface area contributed by atoms with E-state index >= 15 is 0 Å². The Balaban J connectivity index is 1.89. The maximum absolute atomic E-state index is 10.2. The van der Waals surface area contributed by atoms with E-state index in [1.165, 1.54) is 21.9 Å². The summed E-state index contributed by atoms with van der Waals surface area (Å²) < 4.78 is 11.9. The zero-order chi connectivity index (χ0) is 34.0. The highest BCUT2D eigenvalue weighted by molar-refractivity contribution is 5.85. The molecule has 3 aromatic rings. The number of aromatic nitrogens is 2. The van der Waals surface area contributed by atoms with Gasteiger partial charge >= 0.3 is 6.01 Å². The van der Waals surface area contributed by atoms with Gasteiger partial charge in [0, 0.05) is 32.2 Å². The molecule has 0 amide bonds. The number of fused-ring (bicyclic) bond motifs is 1. The topological polar surface area (TPSA) is 91.5 Å². The van der Waals surface area contributed by atoms with E-state index < -0.39 is 6.10 Å². The van der Waals surface area contributed by atoms with Crippen molar-refractivity contribution in [2.75, 3.05) is 31.7 Å². The molecule has 1 aromatic heterocycles. The molecular weight excluding hydrogens is 584 g/mol. The molecule has 1 N–H and O–H groups in total. The number of aliphatic hydroxyl groups excluding tert-OH is 1. The highest BCUT2D eigenvalue weighted by Crippen LogP contribution is 2.30. The molecule has 0 radical (unpaired) electrons. The fourth-order valence-corrected chi connectivity index (χ4v) is 6.44. The van der Waals surface area contributed by atoms with Crippen LogP contribution >= 0.6 is 0 Å². The number of rotatable bonds is 23. The number of ether oxygens (including phenoxy) is 2. The Labute approximate surface area is 284 Å². The van der Waals surface area contributed by atoms with Gasteiger partial charge in [0.15, 0.2) is 0 Å². The van der Waals surface area contributed by atoms with Crippen LogP contribution < -0.4 is 9.64 Å². The fourth-order valence-electron chi connectivity index (χ4n) is 6.44. The Morgan fingerprint density at radius 3 is 2.51 bits per heavy atom. The molecule has 1 heterocycles. The molecule has 47 heavy (non-hydrogen) atoms. The van der Waals surface area contributed by atoms with Crippen LogP contribution in [0.3, 0.4) is 0 Å². The van der Waals surface area contributed by atoms with Crippen LogP contribution in [0.2, 0.25) is 0 Å². The second-order valence-electron chi connectivity index (χ2n) is 12.9. The second-order valence-corrected chi connectivity index (χ2v) is 12.9. The number of benzene rings is 2. The summed E-state index contributed by atoms with van der Waals surface area (Å²) in [5.74, 6) is 1.33. The van der Waals surface area contributed by atoms with E-state index in [2.05, 4.69) is 87.7 Å². The minimum absolute atomic E-state index is 0.102. The number of nitriles is 1. The molecule has 0 spiro atoms. The molecule has 0 saturated heterocycles. The number of nitrogens with zero attached hydrogens (tertiary/aromatic N) is 4. The standard InChI is InChI=1S/C40H58N4O3/c1-7-26-44(28-31(24-25-41)22-23-34(45)8-2)39-37(21-14-12-17-33-19-15-18-32-16-11-13-20-36(32)33)38(10-4)42-40(43-39)47-29-30(5)27-35(9-3)46-6/h8,11,13,15-16,18-20,30-31,34-35,45H,2,7,9-10,12,14,17,21-24,26-29H2,1,3-6H3/t30-,31-,34?,35-/m0/s1. The lowest BCUT2D eigenvalue weighted by atomic mass is 9.96. The van der Waals surface area contributed by atoms with Gasteiger partial charge in [-0.05, 0) is 92.4 Å². The first-order valence-electron chi connectivity index (χ1n) is 17.8. The average Bonchev–Trinajstić information content (AvgIpc) is 3.10. The van der Waals surface area contributed by atoms with Crippen molar-refractivity contribution >= 4 is 16.6 Å². The molecule has 2 aromatic carbocycles. The summed E-state index contributed by atoms with van der Waals surface area (Å²) in [5.41, 5.74) is 3.61. The zero-order valence-electron chi connectivity index (χ0n) is 29.6. The van der Waals surface area contributed by atoms with Crippen LogP contribution in [0.15, 0.2) is 55.1 Å². The third kappa shape index (κ3) is 11.9. The van der Waals surface area contributed by atoms with Crippen molar-refractivity contribution in [1.82, 2.24) is 9.97 Å². The van der Waals surface area contributed by atoms with Gasteiger partial charge in [-0.15, -0.1) is 6.58 Å². The van der Waals surface area contributed by atoms with Gasteiger partial charge in [-0.3, -0.25) is 0 Å². The molecule has 4 atom stereocenters. The summed E-state index contributed by atoms with van der Waals surface area (Å²) in [6.45, 7) is 14.4. The lowest BCUT2D eigenvalue weighted by Gasteiger charge is -2.30. The van der Waals surface area contributed by atoms with Crippen LogP contribution in [0, 0.1) is 23.2 Å². The molecule has 7 heteroatoms. The molecule has 0 bridgehead atoms. The first kappa shape index (κ1) is 38.0. The van der Waals surface area contributed by atoms with Gasteiger partial charge < -0.3 is 19.5 Å². The molecule has 0 aliphatic rings. The normalized spacial score (nSPS) is 13.9. The third-order valence-electron chi connectivity index (χ3n) is 9.13. The Hall–Kier alpha value is -3.47. The minimum Gasteiger partial charge on any atom is -0.463 e. The molecule has 256 valence electrons. The molecule has 0 aliphatic carbocycles. The number of unbranched alkanes of at least 4 members (excludes halogenated alkanes) is 1. The van der Waals surface area contributed by atoms with Crippen LogP contribution in [0.5, 0.6) is 6.01 Å². The molecular formula is C40H58N4O3. The number of hydrogen-bond donors (Lipinski definition) is 1. The third-order valence-corrected chi connectivity index (χ3v) is 9.13. The second kappa shape index (κ2) is 20.7. The van der Waals surface area contributed by atoms with E-state index in [0.29, 0.717) is 37.9 Å². The Bertz CT molecular complexity index is 1390. The van der Waals surface area contributed by atoms with Crippen molar-refractivity contribution in [2.45, 2.75) is 111 Å². The molecule has 0 fully saturated rings. The van der Waals surface area contributed by atoms with Gasteiger partial charge in [0.25, 0.3) is 0 Å². The van der Waals surface area contributed by atoms with Crippen molar-refractivity contribution in [1.29, 1.82) is 5.26 Å². The van der Waals surface area contributed by atoms with Gasteiger partial charge in [0.2, 0.25) is 0 Å². The molecule has 1 unspecified atom stereocenters. The summed E-state index contributed by atoms with van der Waals surface area (Å²) in [4.78, 5) is 12.4. The predicted octanol–water partition coefficient (Wildman–Crippen LogP) is 8.66. The number of anilines is 1. The highest BCUT2D eigenvalue weighted by Gasteiger charge is 2.23. The Morgan fingerprint density at radius 2 is 1.81 bits per heavy atom. The number of hydrogen-bond acceptors (Lipinski definition) is 7. The molecule has 3 rings (SSSR count).